The van der Waals surface area contributed by atoms with Crippen molar-refractivity contribution in [1.29, 1.82) is 0 Å². The van der Waals surface area contributed by atoms with Crippen LogP contribution in [0.15, 0.2) is 0 Å². The van der Waals surface area contributed by atoms with Crippen LogP contribution < -0.4 is 37.7 Å². The maximum absolute atomic E-state index is 8.29. The molecule has 0 N–H and O–H groups in total. The summed E-state index contributed by atoms with van der Waals surface area (Å²) in [7, 11) is 0. The first-order valence-corrected chi connectivity index (χ1v) is 1.00. The zero-order chi connectivity index (χ0) is 2.71. The normalized spacial score (nSPS) is 3.60. The van der Waals surface area contributed by atoms with Gasteiger partial charge in [-0.05, 0) is 0 Å². The van der Waals surface area contributed by atoms with Crippen LogP contribution in [0.2, 0.25) is 0 Å². The maximum Gasteiger partial charge on any atom is 1.00 e. The third kappa shape index (κ3) is 30.6. The van der Waals surface area contributed by atoms with E-state index in [1.165, 1.54) is 0 Å². The van der Waals surface area contributed by atoms with E-state index in [1.54, 1.807) is 0 Å². The van der Waals surface area contributed by atoms with Crippen LogP contribution in [-0.2, 0) is 0 Å². The zero-order valence-corrected chi connectivity index (χ0v) is 4.04. The molecule has 5 heteroatoms. The van der Waals surface area contributed by atoms with Crippen molar-refractivity contribution in [3.8, 4) is 0 Å². The SMILES string of the molecule is [Li+].[Li+].[O-]S[O-]. The van der Waals surface area contributed by atoms with Crippen molar-refractivity contribution in [1.82, 2.24) is 0 Å². The van der Waals surface area contributed by atoms with Gasteiger partial charge in [-0.25, -0.2) is 0 Å². The van der Waals surface area contributed by atoms with Crippen LogP contribution >= 0.6 is 12.3 Å². The van der Waals surface area contributed by atoms with Crippen LogP contribution in [-0.4, -0.2) is 9.11 Å². The first kappa shape index (κ1) is 16.1. The van der Waals surface area contributed by atoms with E-state index in [9.17, 15) is 0 Å². The molecule has 2 nitrogen and oxygen atoms in total. The summed E-state index contributed by atoms with van der Waals surface area (Å²) in [4.78, 5) is 0. The number of hydrogen-bond acceptors (Lipinski definition) is 3. The molecule has 0 fully saturated rings. The van der Waals surface area contributed by atoms with Gasteiger partial charge in [-0.15, -0.1) is 0 Å². The maximum atomic E-state index is 8.29. The van der Waals surface area contributed by atoms with E-state index in [0.29, 0.717) is 0 Å². The van der Waals surface area contributed by atoms with Gasteiger partial charge in [-0.3, -0.25) is 0 Å². The van der Waals surface area contributed by atoms with Crippen molar-refractivity contribution in [3.05, 3.63) is 0 Å². The molecule has 0 saturated heterocycles. The summed E-state index contributed by atoms with van der Waals surface area (Å²) in [5.41, 5.74) is 0. The number of hydrogen-bond donors (Lipinski definition) is 0. The van der Waals surface area contributed by atoms with Crippen molar-refractivity contribution in [2.75, 3.05) is 0 Å². The predicted octanol–water partition coefficient (Wildman–Crippen LogP) is -6.01. The molecule has 5 heavy (non-hydrogen) atoms. The molecule has 0 aliphatic carbocycles. The van der Waals surface area contributed by atoms with Crippen molar-refractivity contribution in [3.63, 3.8) is 0 Å². The molecule has 0 aromatic heterocycles. The van der Waals surface area contributed by atoms with Gasteiger partial charge in [0.2, 0.25) is 0 Å². The molecule has 0 aliphatic heterocycles. The smallest absolute Gasteiger partial charge is 0.811 e. The molecule has 0 unspecified atom stereocenters. The first-order chi connectivity index (χ1) is 1.41. The van der Waals surface area contributed by atoms with E-state index >= 15 is 0 Å². The molecule has 0 atom stereocenters. The third-order valence-corrected chi connectivity index (χ3v) is 0. The van der Waals surface area contributed by atoms with Crippen molar-refractivity contribution >= 4 is 12.3 Å². The first-order valence-electron chi connectivity index (χ1n) is 0.333. The second-order valence-electron chi connectivity index (χ2n) is 0.0680. The monoisotopic (exact) mass is 78.0 g/mol. The standard InChI is InChI=1S/2Li.H2O2S/c;;1-3-2/h;;1-2H/q2*+1;/p-2. The summed E-state index contributed by atoms with van der Waals surface area (Å²) in [6.45, 7) is 0. The van der Waals surface area contributed by atoms with Crippen LogP contribution in [0.4, 0.5) is 0 Å². The van der Waals surface area contributed by atoms with Gasteiger partial charge in [0.25, 0.3) is 0 Å². The Balaban J connectivity index is -0.0000000200. The van der Waals surface area contributed by atoms with Crippen LogP contribution in [0, 0.1) is 0 Å². The predicted molar refractivity (Wildman–Crippen MR) is 9.15 cm³/mol. The summed E-state index contributed by atoms with van der Waals surface area (Å²) in [5.74, 6) is 0. The Morgan fingerprint density at radius 2 is 1.00 bits per heavy atom. The largest absolute Gasteiger partial charge is 1.00 e. The molecule has 0 radical (unpaired) electrons. The number of rotatable bonds is 0. The van der Waals surface area contributed by atoms with E-state index in [-0.39, 0.29) is 37.7 Å². The van der Waals surface area contributed by atoms with Crippen LogP contribution in [0.3, 0.4) is 0 Å². The van der Waals surface area contributed by atoms with Gasteiger partial charge in [0.1, 0.15) is 0 Å². The quantitative estimate of drug-likeness (QED) is 0.214. The Kier molecular flexibility index (Phi) is 57.7. The molecule has 0 saturated carbocycles. The summed E-state index contributed by atoms with van der Waals surface area (Å²) in [6, 6.07) is 0. The molecule has 20 valence electrons. The second-order valence-corrected chi connectivity index (χ2v) is 0.204. The molecule has 0 amide bonds. The molecular formula is Li2O2S. The molecule has 0 rings (SSSR count). The zero-order valence-electron chi connectivity index (χ0n) is 3.22. The van der Waals surface area contributed by atoms with Gasteiger partial charge < -0.3 is 21.4 Å². The van der Waals surface area contributed by atoms with Gasteiger partial charge in [-0.1, -0.05) is 0 Å². The Morgan fingerprint density at radius 3 is 1.00 bits per heavy atom. The molecule has 0 heterocycles. The average molecular weight is 77.9 g/mol. The van der Waals surface area contributed by atoms with E-state index in [4.69, 9.17) is 9.11 Å². The van der Waals surface area contributed by atoms with Gasteiger partial charge in [0, 0.05) is 0 Å². The second kappa shape index (κ2) is 17.9. The minimum absolute atomic E-state index is 0. The van der Waals surface area contributed by atoms with Crippen LogP contribution in [0.25, 0.3) is 0 Å². The van der Waals surface area contributed by atoms with E-state index < -0.39 is 12.3 Å². The molecule has 0 spiro atoms. The van der Waals surface area contributed by atoms with Gasteiger partial charge in [0.15, 0.2) is 0 Å². The fourth-order valence-electron chi connectivity index (χ4n) is 0. The summed E-state index contributed by atoms with van der Waals surface area (Å²) >= 11 is -0.750. The topological polar surface area (TPSA) is 46.1 Å². The Hall–Kier alpha value is 1.46. The van der Waals surface area contributed by atoms with Crippen molar-refractivity contribution < 1.29 is 46.8 Å². The van der Waals surface area contributed by atoms with Gasteiger partial charge in [-0.2, -0.15) is 0 Å². The van der Waals surface area contributed by atoms with Gasteiger partial charge in [0.05, 0.1) is 0 Å². The average Bonchev–Trinajstić information content (AvgIpc) is 0.918. The van der Waals surface area contributed by atoms with Crippen molar-refractivity contribution in [2.24, 2.45) is 0 Å². The minimum atomic E-state index is -0.750. The fraction of sp³-hybridized carbons (Fsp3) is 0. The van der Waals surface area contributed by atoms with Crippen LogP contribution in [0.1, 0.15) is 0 Å². The van der Waals surface area contributed by atoms with Gasteiger partial charge >= 0.3 is 37.7 Å². The summed E-state index contributed by atoms with van der Waals surface area (Å²) in [6.07, 6.45) is 0. The Morgan fingerprint density at radius 1 is 1.00 bits per heavy atom. The molecule has 0 aliphatic rings. The minimum Gasteiger partial charge on any atom is -0.811 e. The van der Waals surface area contributed by atoms with E-state index in [2.05, 4.69) is 0 Å². The molecule has 0 aromatic carbocycles. The Bertz CT molecular complexity index is 7.61. The van der Waals surface area contributed by atoms with Crippen LogP contribution in [0.5, 0.6) is 0 Å². The Labute approximate surface area is 59.1 Å². The van der Waals surface area contributed by atoms with E-state index in [0.717, 1.165) is 0 Å². The summed E-state index contributed by atoms with van der Waals surface area (Å²) in [5, 5.41) is 0. The molecular weight excluding hydrogens is 77.9 g/mol. The molecule has 0 aromatic rings. The van der Waals surface area contributed by atoms with Crippen molar-refractivity contribution in [2.45, 2.75) is 0 Å². The third-order valence-electron chi connectivity index (χ3n) is 0. The van der Waals surface area contributed by atoms with E-state index in [1.807, 2.05) is 0 Å². The fourth-order valence-corrected chi connectivity index (χ4v) is 0. The summed E-state index contributed by atoms with van der Waals surface area (Å²) < 4.78 is 16.6. The molecule has 0 bridgehead atoms.